The van der Waals surface area contributed by atoms with Crippen LogP contribution in [0.25, 0.3) is 10.6 Å². The van der Waals surface area contributed by atoms with E-state index in [-0.39, 0.29) is 0 Å². The van der Waals surface area contributed by atoms with Gasteiger partial charge >= 0.3 is 0 Å². The SMILES string of the molecule is CCCCNc1nnc(-c2ccccc2)s1. The fraction of sp³-hybridized carbons (Fsp3) is 0.333. The minimum Gasteiger partial charge on any atom is -0.360 e. The van der Waals surface area contributed by atoms with Crippen molar-refractivity contribution in [2.45, 2.75) is 19.8 Å². The molecule has 0 bridgehead atoms. The molecule has 16 heavy (non-hydrogen) atoms. The topological polar surface area (TPSA) is 37.8 Å². The Morgan fingerprint density at radius 2 is 2.00 bits per heavy atom. The zero-order valence-electron chi connectivity index (χ0n) is 9.31. The normalized spacial score (nSPS) is 10.3. The highest BCUT2D eigenvalue weighted by molar-refractivity contribution is 7.18. The highest BCUT2D eigenvalue weighted by Crippen LogP contribution is 2.25. The summed E-state index contributed by atoms with van der Waals surface area (Å²) >= 11 is 1.60. The van der Waals surface area contributed by atoms with Crippen molar-refractivity contribution in [3.05, 3.63) is 30.3 Å². The van der Waals surface area contributed by atoms with Crippen LogP contribution in [0.3, 0.4) is 0 Å². The molecule has 1 heterocycles. The molecule has 0 unspecified atom stereocenters. The molecule has 0 fully saturated rings. The van der Waals surface area contributed by atoms with Crippen LogP contribution in [0.4, 0.5) is 5.13 Å². The first kappa shape index (κ1) is 11.1. The highest BCUT2D eigenvalue weighted by Gasteiger charge is 2.04. The molecule has 0 atom stereocenters. The fourth-order valence-corrected chi connectivity index (χ4v) is 2.14. The number of rotatable bonds is 5. The second-order valence-electron chi connectivity index (χ2n) is 3.56. The van der Waals surface area contributed by atoms with E-state index in [4.69, 9.17) is 0 Å². The van der Waals surface area contributed by atoms with E-state index in [1.165, 1.54) is 12.8 Å². The van der Waals surface area contributed by atoms with E-state index >= 15 is 0 Å². The molecule has 2 rings (SSSR count). The smallest absolute Gasteiger partial charge is 0.206 e. The molecule has 0 aliphatic carbocycles. The number of unbranched alkanes of at least 4 members (excludes halogenated alkanes) is 1. The summed E-state index contributed by atoms with van der Waals surface area (Å²) in [7, 11) is 0. The Kier molecular flexibility index (Phi) is 3.88. The molecule has 0 spiro atoms. The summed E-state index contributed by atoms with van der Waals surface area (Å²) < 4.78 is 0. The molecule has 0 radical (unpaired) electrons. The molecular weight excluding hydrogens is 218 g/mol. The van der Waals surface area contributed by atoms with E-state index < -0.39 is 0 Å². The van der Waals surface area contributed by atoms with Crippen molar-refractivity contribution in [2.75, 3.05) is 11.9 Å². The first-order valence-electron chi connectivity index (χ1n) is 5.53. The molecule has 1 aromatic heterocycles. The number of hydrogen-bond acceptors (Lipinski definition) is 4. The third kappa shape index (κ3) is 2.79. The van der Waals surface area contributed by atoms with Gasteiger partial charge < -0.3 is 5.32 Å². The van der Waals surface area contributed by atoms with Crippen LogP contribution in [-0.2, 0) is 0 Å². The van der Waals surface area contributed by atoms with Crippen molar-refractivity contribution in [1.29, 1.82) is 0 Å². The minimum atomic E-state index is 0.910. The predicted molar refractivity (Wildman–Crippen MR) is 68.7 cm³/mol. The monoisotopic (exact) mass is 233 g/mol. The molecule has 1 aromatic carbocycles. The molecular formula is C12H15N3S. The van der Waals surface area contributed by atoms with Gasteiger partial charge in [0.25, 0.3) is 0 Å². The molecule has 2 aromatic rings. The standard InChI is InChI=1S/C12H15N3S/c1-2-3-9-13-12-15-14-11(16-12)10-7-5-4-6-8-10/h4-8H,2-3,9H2,1H3,(H,13,15). The third-order valence-corrected chi connectivity index (χ3v) is 3.18. The van der Waals surface area contributed by atoms with E-state index in [0.717, 1.165) is 22.2 Å². The van der Waals surface area contributed by atoms with Gasteiger partial charge in [-0.3, -0.25) is 0 Å². The van der Waals surface area contributed by atoms with Gasteiger partial charge in [-0.05, 0) is 6.42 Å². The molecule has 0 saturated heterocycles. The van der Waals surface area contributed by atoms with Crippen molar-refractivity contribution in [3.63, 3.8) is 0 Å². The Morgan fingerprint density at radius 1 is 1.19 bits per heavy atom. The van der Waals surface area contributed by atoms with Crippen molar-refractivity contribution >= 4 is 16.5 Å². The van der Waals surface area contributed by atoms with Gasteiger partial charge in [-0.1, -0.05) is 55.0 Å². The van der Waals surface area contributed by atoms with Crippen LogP contribution in [0.1, 0.15) is 19.8 Å². The summed E-state index contributed by atoms with van der Waals surface area (Å²) in [4.78, 5) is 0. The van der Waals surface area contributed by atoms with Crippen molar-refractivity contribution in [1.82, 2.24) is 10.2 Å². The Labute approximate surface area is 99.5 Å². The van der Waals surface area contributed by atoms with E-state index in [1.54, 1.807) is 11.3 Å². The number of hydrogen-bond donors (Lipinski definition) is 1. The van der Waals surface area contributed by atoms with Crippen LogP contribution in [0.15, 0.2) is 30.3 Å². The maximum atomic E-state index is 4.17. The fourth-order valence-electron chi connectivity index (χ4n) is 1.36. The number of anilines is 1. The summed E-state index contributed by atoms with van der Waals surface area (Å²) in [5, 5.41) is 13.5. The lowest BCUT2D eigenvalue weighted by molar-refractivity contribution is 0.831. The van der Waals surface area contributed by atoms with E-state index in [2.05, 4.69) is 34.6 Å². The van der Waals surface area contributed by atoms with Gasteiger partial charge in [0.2, 0.25) is 5.13 Å². The Hall–Kier alpha value is -1.42. The Morgan fingerprint density at radius 3 is 2.75 bits per heavy atom. The van der Waals surface area contributed by atoms with Crippen LogP contribution in [0, 0.1) is 0 Å². The van der Waals surface area contributed by atoms with Gasteiger partial charge in [0.05, 0.1) is 0 Å². The van der Waals surface area contributed by atoms with E-state index in [1.807, 2.05) is 18.2 Å². The predicted octanol–water partition coefficient (Wildman–Crippen LogP) is 3.42. The van der Waals surface area contributed by atoms with Crippen LogP contribution >= 0.6 is 11.3 Å². The van der Waals surface area contributed by atoms with Crippen LogP contribution < -0.4 is 5.32 Å². The summed E-state index contributed by atoms with van der Waals surface area (Å²) in [5.41, 5.74) is 1.13. The number of benzene rings is 1. The quantitative estimate of drug-likeness (QED) is 0.804. The first-order chi connectivity index (χ1) is 7.90. The second kappa shape index (κ2) is 5.61. The maximum absolute atomic E-state index is 4.17. The molecule has 4 heteroatoms. The minimum absolute atomic E-state index is 0.910. The summed E-state index contributed by atoms with van der Waals surface area (Å²) in [5.74, 6) is 0. The van der Waals surface area contributed by atoms with Crippen LogP contribution in [0.5, 0.6) is 0 Å². The second-order valence-corrected chi connectivity index (χ2v) is 4.54. The van der Waals surface area contributed by atoms with Crippen molar-refractivity contribution in [2.24, 2.45) is 0 Å². The van der Waals surface area contributed by atoms with Gasteiger partial charge in [0.15, 0.2) is 0 Å². The van der Waals surface area contributed by atoms with Crippen molar-refractivity contribution in [3.8, 4) is 10.6 Å². The lowest BCUT2D eigenvalue weighted by Gasteiger charge is -1.97. The molecule has 0 saturated carbocycles. The molecule has 1 N–H and O–H groups in total. The number of nitrogens with zero attached hydrogens (tertiary/aromatic N) is 2. The lowest BCUT2D eigenvalue weighted by Crippen LogP contribution is -1.99. The molecule has 3 nitrogen and oxygen atoms in total. The molecule has 0 amide bonds. The Bertz CT molecular complexity index is 425. The van der Waals surface area contributed by atoms with E-state index in [9.17, 15) is 0 Å². The third-order valence-electron chi connectivity index (χ3n) is 2.25. The zero-order valence-corrected chi connectivity index (χ0v) is 10.1. The average Bonchev–Trinajstić information content (AvgIpc) is 2.79. The Balaban J connectivity index is 2.02. The maximum Gasteiger partial charge on any atom is 0.206 e. The zero-order chi connectivity index (χ0) is 11.2. The first-order valence-corrected chi connectivity index (χ1v) is 6.34. The van der Waals surface area contributed by atoms with Gasteiger partial charge in [0.1, 0.15) is 5.01 Å². The summed E-state index contributed by atoms with van der Waals surface area (Å²) in [6.07, 6.45) is 2.36. The van der Waals surface area contributed by atoms with Crippen molar-refractivity contribution < 1.29 is 0 Å². The van der Waals surface area contributed by atoms with E-state index in [0.29, 0.717) is 0 Å². The van der Waals surface area contributed by atoms with Gasteiger partial charge in [-0.15, -0.1) is 10.2 Å². The molecule has 0 aliphatic rings. The van der Waals surface area contributed by atoms with Gasteiger partial charge in [-0.2, -0.15) is 0 Å². The van der Waals surface area contributed by atoms with Crippen LogP contribution in [0.2, 0.25) is 0 Å². The average molecular weight is 233 g/mol. The largest absolute Gasteiger partial charge is 0.360 e. The summed E-state index contributed by atoms with van der Waals surface area (Å²) in [6.45, 7) is 3.15. The highest BCUT2D eigenvalue weighted by atomic mass is 32.1. The van der Waals surface area contributed by atoms with Crippen LogP contribution in [-0.4, -0.2) is 16.7 Å². The number of aromatic nitrogens is 2. The van der Waals surface area contributed by atoms with Gasteiger partial charge in [0, 0.05) is 12.1 Å². The molecule has 0 aliphatic heterocycles. The van der Waals surface area contributed by atoms with Gasteiger partial charge in [-0.25, -0.2) is 0 Å². The summed E-state index contributed by atoms with van der Waals surface area (Å²) in [6, 6.07) is 10.1. The lowest BCUT2D eigenvalue weighted by atomic mass is 10.2. The number of nitrogens with one attached hydrogen (secondary N) is 1. The molecule has 84 valence electrons.